The van der Waals surface area contributed by atoms with Crippen molar-refractivity contribution in [2.24, 2.45) is 4.99 Å². The molecule has 0 saturated carbocycles. The minimum absolute atomic E-state index is 0.551. The van der Waals surface area contributed by atoms with Gasteiger partial charge in [-0.15, -0.1) is 0 Å². The summed E-state index contributed by atoms with van der Waals surface area (Å²) in [7, 11) is -2.60. The highest BCUT2D eigenvalue weighted by atomic mass is 28.4. The second-order valence-corrected chi connectivity index (χ2v) is 7.03. The minimum Gasteiger partial charge on any atom is -0.373 e. The molecular weight excluding hydrogens is 260 g/mol. The number of likely N-dealkylation sites (tertiary alicyclic amines) is 1. The molecule has 0 radical (unpaired) electrons. The van der Waals surface area contributed by atoms with Gasteiger partial charge in [-0.25, -0.2) is 0 Å². The molecule has 0 atom stereocenters. The van der Waals surface area contributed by atoms with Crippen LogP contribution in [0.1, 0.15) is 34.1 Å². The molecule has 1 rings (SSSR count). The molecule has 1 aliphatic rings. The van der Waals surface area contributed by atoms with Crippen LogP contribution in [-0.2, 0) is 13.3 Å². The van der Waals surface area contributed by atoms with Crippen LogP contribution in [0, 0.1) is 0 Å². The molecule has 0 aromatic carbocycles. The smallest absolute Gasteiger partial charge is 0.373 e. The number of aliphatic imine (C=N–C) groups is 1. The summed E-state index contributed by atoms with van der Waals surface area (Å²) in [6.07, 6.45) is 1.61. The Kier molecular flexibility index (Phi) is 7.78. The summed E-state index contributed by atoms with van der Waals surface area (Å²) in [5.74, 6) is 0. The SMILES string of the molecule is CCO[Si](CN=C1CCN(CC)C1)(OCC)OCC. The fraction of sp³-hybridized carbons (Fsp3) is 0.923. The van der Waals surface area contributed by atoms with Gasteiger partial charge in [0.15, 0.2) is 0 Å². The quantitative estimate of drug-likeness (QED) is 0.606. The van der Waals surface area contributed by atoms with Crippen LogP contribution < -0.4 is 0 Å². The Morgan fingerprint density at radius 1 is 1.05 bits per heavy atom. The maximum Gasteiger partial charge on any atom is 0.523 e. The van der Waals surface area contributed by atoms with Crippen molar-refractivity contribution in [1.82, 2.24) is 4.90 Å². The number of hydrogen-bond donors (Lipinski definition) is 0. The fourth-order valence-electron chi connectivity index (χ4n) is 2.23. The third-order valence-corrected chi connectivity index (χ3v) is 5.89. The topological polar surface area (TPSA) is 43.3 Å². The number of hydrogen-bond acceptors (Lipinski definition) is 5. The Morgan fingerprint density at radius 2 is 1.63 bits per heavy atom. The van der Waals surface area contributed by atoms with Crippen molar-refractivity contribution in [2.45, 2.75) is 34.1 Å². The van der Waals surface area contributed by atoms with Gasteiger partial charge >= 0.3 is 8.80 Å². The van der Waals surface area contributed by atoms with Crippen LogP contribution in [0.4, 0.5) is 0 Å². The lowest BCUT2D eigenvalue weighted by molar-refractivity contribution is 0.0729. The fourth-order valence-corrected chi connectivity index (χ4v) is 4.49. The predicted molar refractivity (Wildman–Crippen MR) is 79.7 cm³/mol. The van der Waals surface area contributed by atoms with Gasteiger partial charge in [0.05, 0.1) is 0 Å². The first kappa shape index (κ1) is 16.8. The zero-order chi connectivity index (χ0) is 14.1. The van der Waals surface area contributed by atoms with E-state index in [-0.39, 0.29) is 0 Å². The van der Waals surface area contributed by atoms with Crippen LogP contribution in [0.5, 0.6) is 0 Å². The first-order valence-electron chi connectivity index (χ1n) is 7.36. The maximum absolute atomic E-state index is 5.80. The second kappa shape index (κ2) is 8.81. The van der Waals surface area contributed by atoms with Gasteiger partial charge < -0.3 is 13.3 Å². The average molecular weight is 288 g/mol. The standard InChI is InChI=1S/C13H28N2O3Si/c1-5-15-10-9-13(11-15)14-12-19(16-6-2,17-7-3)18-8-4/h5-12H2,1-4H3. The van der Waals surface area contributed by atoms with E-state index in [0.717, 1.165) is 26.1 Å². The molecule has 0 bridgehead atoms. The van der Waals surface area contributed by atoms with Crippen LogP contribution >= 0.6 is 0 Å². The predicted octanol–water partition coefficient (Wildman–Crippen LogP) is 1.74. The number of nitrogens with zero attached hydrogens (tertiary/aromatic N) is 2. The van der Waals surface area contributed by atoms with Crippen molar-refractivity contribution < 1.29 is 13.3 Å². The van der Waals surface area contributed by atoms with Crippen LogP contribution in [0.25, 0.3) is 0 Å². The highest BCUT2D eigenvalue weighted by Gasteiger charge is 2.40. The van der Waals surface area contributed by atoms with Crippen molar-refractivity contribution >= 4 is 14.5 Å². The molecule has 1 aliphatic heterocycles. The zero-order valence-electron chi connectivity index (χ0n) is 12.8. The van der Waals surface area contributed by atoms with Gasteiger partial charge in [0.2, 0.25) is 0 Å². The summed E-state index contributed by atoms with van der Waals surface area (Å²) in [6.45, 7) is 13.1. The van der Waals surface area contributed by atoms with E-state index < -0.39 is 8.80 Å². The third-order valence-electron chi connectivity index (χ3n) is 3.16. The Labute approximate surface area is 118 Å². The summed E-state index contributed by atoms with van der Waals surface area (Å²) in [6, 6.07) is 0. The van der Waals surface area contributed by atoms with Gasteiger partial charge in [-0.1, -0.05) is 6.92 Å². The first-order valence-corrected chi connectivity index (χ1v) is 9.29. The van der Waals surface area contributed by atoms with E-state index in [1.54, 1.807) is 0 Å². The summed E-state index contributed by atoms with van der Waals surface area (Å²) >= 11 is 0. The molecule has 0 N–H and O–H groups in total. The normalized spacial score (nSPS) is 19.5. The summed E-state index contributed by atoms with van der Waals surface area (Å²) in [4.78, 5) is 7.10. The molecule has 1 heterocycles. The third kappa shape index (κ3) is 5.31. The molecule has 19 heavy (non-hydrogen) atoms. The molecule has 0 aromatic rings. The van der Waals surface area contributed by atoms with Gasteiger partial charge in [0.1, 0.15) is 6.17 Å². The van der Waals surface area contributed by atoms with Crippen LogP contribution in [-0.4, -0.2) is 65.0 Å². The van der Waals surface area contributed by atoms with E-state index >= 15 is 0 Å². The van der Waals surface area contributed by atoms with Crippen molar-refractivity contribution in [3.05, 3.63) is 0 Å². The second-order valence-electron chi connectivity index (χ2n) is 4.48. The molecule has 112 valence electrons. The molecule has 0 aromatic heterocycles. The van der Waals surface area contributed by atoms with Gasteiger partial charge in [-0.3, -0.25) is 9.89 Å². The van der Waals surface area contributed by atoms with Crippen molar-refractivity contribution in [3.63, 3.8) is 0 Å². The van der Waals surface area contributed by atoms with Gasteiger partial charge in [0, 0.05) is 38.6 Å². The molecule has 5 nitrogen and oxygen atoms in total. The molecule has 0 unspecified atom stereocenters. The molecule has 1 saturated heterocycles. The van der Waals surface area contributed by atoms with Crippen molar-refractivity contribution in [3.8, 4) is 0 Å². The summed E-state index contributed by atoms with van der Waals surface area (Å²) < 4.78 is 17.4. The molecule has 0 spiro atoms. The Balaban J connectivity index is 2.63. The Morgan fingerprint density at radius 3 is 2.05 bits per heavy atom. The highest BCUT2D eigenvalue weighted by molar-refractivity contribution is 6.61. The van der Waals surface area contributed by atoms with Gasteiger partial charge in [0.25, 0.3) is 0 Å². The summed E-state index contributed by atoms with van der Waals surface area (Å²) in [5.41, 5.74) is 1.25. The molecule has 0 aliphatic carbocycles. The Bertz CT molecular complexity index is 270. The molecule has 0 amide bonds. The molecule has 6 heteroatoms. The van der Waals surface area contributed by atoms with Crippen LogP contribution in [0.3, 0.4) is 0 Å². The van der Waals surface area contributed by atoms with E-state index in [2.05, 4.69) is 11.8 Å². The highest BCUT2D eigenvalue weighted by Crippen LogP contribution is 2.13. The van der Waals surface area contributed by atoms with E-state index in [1.807, 2.05) is 20.8 Å². The largest absolute Gasteiger partial charge is 0.523 e. The lowest BCUT2D eigenvalue weighted by Crippen LogP contribution is -2.49. The zero-order valence-corrected chi connectivity index (χ0v) is 13.8. The van der Waals surface area contributed by atoms with Crippen molar-refractivity contribution in [2.75, 3.05) is 45.6 Å². The monoisotopic (exact) mass is 288 g/mol. The van der Waals surface area contributed by atoms with Gasteiger partial charge in [-0.2, -0.15) is 0 Å². The van der Waals surface area contributed by atoms with Crippen molar-refractivity contribution in [1.29, 1.82) is 0 Å². The van der Waals surface area contributed by atoms with Crippen LogP contribution in [0.2, 0.25) is 0 Å². The Hall–Kier alpha value is -0.273. The lowest BCUT2D eigenvalue weighted by atomic mass is 10.3. The van der Waals surface area contributed by atoms with E-state index in [4.69, 9.17) is 18.3 Å². The number of rotatable bonds is 9. The molecule has 1 fully saturated rings. The first-order chi connectivity index (χ1) is 9.19. The average Bonchev–Trinajstić information content (AvgIpc) is 2.85. The lowest BCUT2D eigenvalue weighted by Gasteiger charge is -2.27. The summed E-state index contributed by atoms with van der Waals surface area (Å²) in [5, 5.41) is 0. The van der Waals surface area contributed by atoms with Gasteiger partial charge in [-0.05, 0) is 33.7 Å². The van der Waals surface area contributed by atoms with E-state index in [1.165, 1.54) is 5.71 Å². The molecular formula is C13H28N2O3Si. The van der Waals surface area contributed by atoms with E-state index in [9.17, 15) is 0 Å². The van der Waals surface area contributed by atoms with Crippen LogP contribution in [0.15, 0.2) is 4.99 Å². The minimum atomic E-state index is -2.60. The van der Waals surface area contributed by atoms with E-state index in [0.29, 0.717) is 26.0 Å². The maximum atomic E-state index is 5.80.